The zero-order valence-corrected chi connectivity index (χ0v) is 13.7. The second-order valence-electron chi connectivity index (χ2n) is 5.42. The third kappa shape index (κ3) is 3.01. The summed E-state index contributed by atoms with van der Waals surface area (Å²) >= 11 is 0. The Morgan fingerprint density at radius 1 is 1.38 bits per heavy atom. The van der Waals surface area contributed by atoms with E-state index in [0.29, 0.717) is 24.6 Å². The van der Waals surface area contributed by atoms with Gasteiger partial charge in [-0.25, -0.2) is 8.42 Å². The number of nitrogens with two attached hydrogens (primary N) is 1. The lowest BCUT2D eigenvalue weighted by Gasteiger charge is -2.29. The fourth-order valence-corrected chi connectivity index (χ4v) is 4.63. The van der Waals surface area contributed by atoms with Crippen LogP contribution in [0.2, 0.25) is 0 Å². The van der Waals surface area contributed by atoms with E-state index >= 15 is 0 Å². The van der Waals surface area contributed by atoms with Crippen LogP contribution in [0.5, 0.6) is 5.75 Å². The normalized spacial score (nSPS) is 16.4. The summed E-state index contributed by atoms with van der Waals surface area (Å²) in [4.78, 5) is 0.208. The van der Waals surface area contributed by atoms with Crippen molar-refractivity contribution >= 4 is 15.7 Å². The van der Waals surface area contributed by atoms with E-state index in [1.54, 1.807) is 0 Å². The molecule has 0 radical (unpaired) electrons. The van der Waals surface area contributed by atoms with Gasteiger partial charge in [0.15, 0.2) is 0 Å². The van der Waals surface area contributed by atoms with Crippen LogP contribution in [0.3, 0.4) is 0 Å². The van der Waals surface area contributed by atoms with Gasteiger partial charge < -0.3 is 10.5 Å². The molecule has 1 aliphatic rings. The molecule has 2 N–H and O–H groups in total. The summed E-state index contributed by atoms with van der Waals surface area (Å²) < 4.78 is 33.1. The minimum Gasteiger partial charge on any atom is -0.492 e. The quantitative estimate of drug-likeness (QED) is 0.847. The van der Waals surface area contributed by atoms with Gasteiger partial charge in [0, 0.05) is 18.3 Å². The molecular weight excluding hydrogens is 288 g/mol. The molecule has 118 valence electrons. The number of aryl methyl sites for hydroxylation is 1. The monoisotopic (exact) mass is 312 g/mol. The van der Waals surface area contributed by atoms with E-state index in [2.05, 4.69) is 0 Å². The summed E-state index contributed by atoms with van der Waals surface area (Å²) in [6.07, 6.45) is 2.45. The van der Waals surface area contributed by atoms with Gasteiger partial charge in [0.05, 0.1) is 6.61 Å². The number of nitrogen functional groups attached to an aromatic ring is 1. The Hall–Kier alpha value is -1.27. The molecular formula is C15H24N2O3S. The van der Waals surface area contributed by atoms with E-state index in [9.17, 15) is 8.42 Å². The van der Waals surface area contributed by atoms with Crippen LogP contribution in [0.15, 0.2) is 17.0 Å². The number of hydrogen-bond acceptors (Lipinski definition) is 4. The van der Waals surface area contributed by atoms with Crippen LogP contribution in [0, 0.1) is 0 Å². The molecule has 0 spiro atoms. The molecule has 5 nitrogen and oxygen atoms in total. The molecule has 1 atom stereocenters. The molecule has 21 heavy (non-hydrogen) atoms. The van der Waals surface area contributed by atoms with Crippen molar-refractivity contribution in [2.75, 3.05) is 18.9 Å². The van der Waals surface area contributed by atoms with Crippen LogP contribution >= 0.6 is 0 Å². The molecule has 0 aliphatic carbocycles. The zero-order valence-electron chi connectivity index (χ0n) is 12.9. The van der Waals surface area contributed by atoms with Gasteiger partial charge >= 0.3 is 0 Å². The second kappa shape index (κ2) is 6.23. The van der Waals surface area contributed by atoms with E-state index in [1.807, 2.05) is 26.8 Å². The van der Waals surface area contributed by atoms with Crippen molar-refractivity contribution in [1.29, 1.82) is 0 Å². The Balaban J connectivity index is 2.56. The van der Waals surface area contributed by atoms with E-state index < -0.39 is 10.0 Å². The number of anilines is 1. The Bertz CT molecular complexity index is 614. The van der Waals surface area contributed by atoms with Gasteiger partial charge in [-0.15, -0.1) is 0 Å². The lowest BCUT2D eigenvalue weighted by atomic mass is 10.1. The van der Waals surface area contributed by atoms with Crippen LogP contribution in [0.4, 0.5) is 5.69 Å². The third-order valence-corrected chi connectivity index (χ3v) is 6.07. The average molecular weight is 312 g/mol. The van der Waals surface area contributed by atoms with Gasteiger partial charge in [0.2, 0.25) is 10.0 Å². The average Bonchev–Trinajstić information content (AvgIpc) is 2.46. The SMILES string of the molecule is CCC(C)N(CC)S(=O)(=O)c1cc(N)cc2c1OCCC2. The van der Waals surface area contributed by atoms with Crippen molar-refractivity contribution in [3.63, 3.8) is 0 Å². The van der Waals surface area contributed by atoms with Crippen LogP contribution in [0.25, 0.3) is 0 Å². The van der Waals surface area contributed by atoms with Crippen molar-refractivity contribution in [2.24, 2.45) is 0 Å². The number of ether oxygens (including phenoxy) is 1. The van der Waals surface area contributed by atoms with E-state index in [-0.39, 0.29) is 10.9 Å². The summed E-state index contributed by atoms with van der Waals surface area (Å²) in [5.74, 6) is 0.484. The summed E-state index contributed by atoms with van der Waals surface area (Å²) in [5.41, 5.74) is 7.25. The molecule has 0 saturated heterocycles. The van der Waals surface area contributed by atoms with Gasteiger partial charge in [-0.2, -0.15) is 4.31 Å². The second-order valence-corrected chi connectivity index (χ2v) is 7.28. The molecule has 0 fully saturated rings. The molecule has 2 rings (SSSR count). The van der Waals surface area contributed by atoms with Crippen molar-refractivity contribution in [1.82, 2.24) is 4.31 Å². The molecule has 1 aliphatic heterocycles. The number of hydrogen-bond donors (Lipinski definition) is 1. The Morgan fingerprint density at radius 3 is 2.71 bits per heavy atom. The van der Waals surface area contributed by atoms with Crippen molar-refractivity contribution in [3.05, 3.63) is 17.7 Å². The highest BCUT2D eigenvalue weighted by atomic mass is 32.2. The third-order valence-electron chi connectivity index (χ3n) is 3.97. The predicted octanol–water partition coefficient (Wildman–Crippen LogP) is 2.40. The van der Waals surface area contributed by atoms with Gasteiger partial charge in [-0.05, 0) is 43.9 Å². The minimum absolute atomic E-state index is 0.0549. The van der Waals surface area contributed by atoms with Gasteiger partial charge in [0.1, 0.15) is 10.6 Å². The number of benzene rings is 1. The van der Waals surface area contributed by atoms with E-state index in [1.165, 1.54) is 10.4 Å². The Kier molecular flexibility index (Phi) is 4.78. The smallest absolute Gasteiger partial charge is 0.247 e. The molecule has 1 aromatic carbocycles. The molecule has 6 heteroatoms. The minimum atomic E-state index is -3.60. The fourth-order valence-electron chi connectivity index (χ4n) is 2.71. The fraction of sp³-hybridized carbons (Fsp3) is 0.600. The zero-order chi connectivity index (χ0) is 15.6. The lowest BCUT2D eigenvalue weighted by Crippen LogP contribution is -2.38. The molecule has 0 saturated carbocycles. The lowest BCUT2D eigenvalue weighted by molar-refractivity contribution is 0.277. The van der Waals surface area contributed by atoms with Crippen LogP contribution in [-0.4, -0.2) is 31.9 Å². The van der Waals surface area contributed by atoms with Crippen molar-refractivity contribution in [2.45, 2.75) is 51.0 Å². The summed E-state index contributed by atoms with van der Waals surface area (Å²) in [7, 11) is -3.60. The molecule has 1 heterocycles. The maximum atomic E-state index is 13.0. The number of sulfonamides is 1. The highest BCUT2D eigenvalue weighted by Gasteiger charge is 2.32. The molecule has 0 aromatic heterocycles. The highest BCUT2D eigenvalue weighted by molar-refractivity contribution is 7.89. The van der Waals surface area contributed by atoms with Crippen molar-refractivity contribution < 1.29 is 13.2 Å². The highest BCUT2D eigenvalue weighted by Crippen LogP contribution is 2.36. The molecule has 1 unspecified atom stereocenters. The van der Waals surface area contributed by atoms with Gasteiger partial charge in [0.25, 0.3) is 0 Å². The number of nitrogens with zero attached hydrogens (tertiary/aromatic N) is 1. The summed E-state index contributed by atoms with van der Waals surface area (Å²) in [5, 5.41) is 0. The first-order valence-corrected chi connectivity index (χ1v) is 8.92. The van der Waals surface area contributed by atoms with Gasteiger partial charge in [-0.3, -0.25) is 0 Å². The Labute approximate surface area is 127 Å². The van der Waals surface area contributed by atoms with Crippen molar-refractivity contribution in [3.8, 4) is 5.75 Å². The summed E-state index contributed by atoms with van der Waals surface area (Å²) in [6, 6.07) is 3.28. The molecule has 0 amide bonds. The maximum Gasteiger partial charge on any atom is 0.247 e. The standard InChI is InChI=1S/C15H24N2O3S/c1-4-11(3)17(5-2)21(18,19)14-10-13(16)9-12-7-6-8-20-15(12)14/h9-11H,4-8,16H2,1-3H3. The first kappa shape index (κ1) is 16.1. The van der Waals surface area contributed by atoms with Gasteiger partial charge in [-0.1, -0.05) is 13.8 Å². The number of rotatable bonds is 5. The largest absolute Gasteiger partial charge is 0.492 e. The first-order valence-electron chi connectivity index (χ1n) is 7.48. The molecule has 0 bridgehead atoms. The Morgan fingerprint density at radius 2 is 2.10 bits per heavy atom. The predicted molar refractivity (Wildman–Crippen MR) is 84.0 cm³/mol. The topological polar surface area (TPSA) is 72.6 Å². The van der Waals surface area contributed by atoms with Crippen LogP contribution in [0.1, 0.15) is 39.2 Å². The van der Waals surface area contributed by atoms with E-state index in [0.717, 1.165) is 24.8 Å². The van der Waals surface area contributed by atoms with E-state index in [4.69, 9.17) is 10.5 Å². The van der Waals surface area contributed by atoms with Crippen LogP contribution < -0.4 is 10.5 Å². The summed E-state index contributed by atoms with van der Waals surface area (Å²) in [6.45, 7) is 6.73. The first-order chi connectivity index (χ1) is 9.91. The number of fused-ring (bicyclic) bond motifs is 1. The molecule has 1 aromatic rings. The maximum absolute atomic E-state index is 13.0. The van der Waals surface area contributed by atoms with Crippen LogP contribution in [-0.2, 0) is 16.4 Å².